The van der Waals surface area contributed by atoms with Crippen LogP contribution < -0.4 is 0 Å². The first-order valence-corrected chi connectivity index (χ1v) is 4.67. The second kappa shape index (κ2) is 4.07. The molecule has 1 aromatic rings. The van der Waals surface area contributed by atoms with Crippen molar-refractivity contribution >= 4 is 23.5 Å². The molecule has 0 nitrogen and oxygen atoms in total. The van der Waals surface area contributed by atoms with Crippen LogP contribution in [0.1, 0.15) is 16.0 Å². The van der Waals surface area contributed by atoms with Crippen LogP contribution in [-0.4, -0.2) is 0 Å². The molecule has 0 aliphatic heterocycles. The second-order valence-corrected chi connectivity index (χ2v) is 3.35. The van der Waals surface area contributed by atoms with Gasteiger partial charge in [0.15, 0.2) is 0 Å². The third-order valence-corrected chi connectivity index (χ3v) is 2.74. The molecule has 0 unspecified atom stereocenters. The summed E-state index contributed by atoms with van der Waals surface area (Å²) in [5.74, 6) is 0. The summed E-state index contributed by atoms with van der Waals surface area (Å²) in [5, 5.41) is 2.13. The van der Waals surface area contributed by atoms with Gasteiger partial charge in [-0.1, -0.05) is 31.4 Å². The van der Waals surface area contributed by atoms with E-state index in [1.54, 1.807) is 11.3 Å². The molecule has 1 heteroatoms. The van der Waals surface area contributed by atoms with Crippen molar-refractivity contribution in [3.63, 3.8) is 0 Å². The molecule has 0 radical (unpaired) electrons. The van der Waals surface area contributed by atoms with Crippen molar-refractivity contribution in [3.8, 4) is 0 Å². The maximum absolute atomic E-state index is 3.78. The van der Waals surface area contributed by atoms with Crippen molar-refractivity contribution in [1.29, 1.82) is 0 Å². The van der Waals surface area contributed by atoms with E-state index in [9.17, 15) is 0 Å². The standard InChI is InChI=1S/C11H12S/c1-4-7-9-8-12-11(6-3)10(9)5-2/h4-6,8H,1-3,7H2. The molecule has 12 heavy (non-hydrogen) atoms. The molecule has 1 rings (SSSR count). The highest BCUT2D eigenvalue weighted by Crippen LogP contribution is 2.25. The molecule has 0 aliphatic carbocycles. The van der Waals surface area contributed by atoms with E-state index in [0.717, 1.165) is 6.42 Å². The van der Waals surface area contributed by atoms with Gasteiger partial charge in [0, 0.05) is 4.88 Å². The van der Waals surface area contributed by atoms with Crippen molar-refractivity contribution in [1.82, 2.24) is 0 Å². The van der Waals surface area contributed by atoms with E-state index < -0.39 is 0 Å². The Labute approximate surface area is 77.6 Å². The summed E-state index contributed by atoms with van der Waals surface area (Å²) in [5.41, 5.74) is 2.50. The van der Waals surface area contributed by atoms with Crippen LogP contribution in [0.2, 0.25) is 0 Å². The lowest BCUT2D eigenvalue weighted by Gasteiger charge is -1.95. The van der Waals surface area contributed by atoms with Crippen molar-refractivity contribution < 1.29 is 0 Å². The molecule has 0 aromatic carbocycles. The summed E-state index contributed by atoms with van der Waals surface area (Å²) < 4.78 is 0. The third-order valence-electron chi connectivity index (χ3n) is 1.69. The Morgan fingerprint density at radius 1 is 1.25 bits per heavy atom. The monoisotopic (exact) mass is 176 g/mol. The molecule has 0 fully saturated rings. The van der Waals surface area contributed by atoms with Gasteiger partial charge >= 0.3 is 0 Å². The number of hydrogen-bond acceptors (Lipinski definition) is 1. The van der Waals surface area contributed by atoms with Gasteiger partial charge in [-0.25, -0.2) is 0 Å². The van der Waals surface area contributed by atoms with Crippen LogP contribution in [0.25, 0.3) is 12.2 Å². The molecular weight excluding hydrogens is 164 g/mol. The Hall–Kier alpha value is -1.08. The molecule has 62 valence electrons. The van der Waals surface area contributed by atoms with Gasteiger partial charge in [-0.05, 0) is 22.9 Å². The largest absolute Gasteiger partial charge is 0.144 e. The Morgan fingerprint density at radius 3 is 2.50 bits per heavy atom. The number of thiophene rings is 1. The van der Waals surface area contributed by atoms with Gasteiger partial charge in [-0.3, -0.25) is 0 Å². The summed E-state index contributed by atoms with van der Waals surface area (Å²) in [6.07, 6.45) is 6.56. The summed E-state index contributed by atoms with van der Waals surface area (Å²) in [4.78, 5) is 1.20. The molecule has 1 heterocycles. The zero-order valence-electron chi connectivity index (χ0n) is 7.05. The molecule has 0 saturated heterocycles. The van der Waals surface area contributed by atoms with Crippen LogP contribution in [0, 0.1) is 0 Å². The zero-order valence-corrected chi connectivity index (χ0v) is 7.86. The highest BCUT2D eigenvalue weighted by molar-refractivity contribution is 7.11. The van der Waals surface area contributed by atoms with Gasteiger partial charge in [0.25, 0.3) is 0 Å². The first-order valence-electron chi connectivity index (χ1n) is 3.79. The van der Waals surface area contributed by atoms with Crippen LogP contribution in [0.4, 0.5) is 0 Å². The van der Waals surface area contributed by atoms with Gasteiger partial charge in [-0.15, -0.1) is 17.9 Å². The average Bonchev–Trinajstić information content (AvgIpc) is 2.47. The van der Waals surface area contributed by atoms with Crippen LogP contribution in [-0.2, 0) is 6.42 Å². The van der Waals surface area contributed by atoms with E-state index in [4.69, 9.17) is 0 Å². The molecule has 0 bridgehead atoms. The Morgan fingerprint density at radius 2 is 2.00 bits per heavy atom. The smallest absolute Gasteiger partial charge is 0.0339 e. The molecule has 0 N–H and O–H groups in total. The van der Waals surface area contributed by atoms with Crippen molar-refractivity contribution in [3.05, 3.63) is 47.2 Å². The molecule has 0 saturated carbocycles. The topological polar surface area (TPSA) is 0 Å². The lowest BCUT2D eigenvalue weighted by Crippen LogP contribution is -1.80. The molecular formula is C11H12S. The summed E-state index contributed by atoms with van der Waals surface area (Å²) >= 11 is 1.70. The summed E-state index contributed by atoms with van der Waals surface area (Å²) in [7, 11) is 0. The first kappa shape index (κ1) is 9.01. The molecule has 0 spiro atoms. The number of rotatable bonds is 4. The normalized spacial score (nSPS) is 9.33. The Balaban J connectivity index is 3.11. The zero-order chi connectivity index (χ0) is 8.97. The number of allylic oxidation sites excluding steroid dienone is 1. The van der Waals surface area contributed by atoms with E-state index in [1.807, 2.05) is 18.2 Å². The predicted molar refractivity (Wildman–Crippen MR) is 58.4 cm³/mol. The van der Waals surface area contributed by atoms with Crippen molar-refractivity contribution in [2.75, 3.05) is 0 Å². The fraction of sp³-hybridized carbons (Fsp3) is 0.0909. The van der Waals surface area contributed by atoms with Crippen LogP contribution in [0.3, 0.4) is 0 Å². The lowest BCUT2D eigenvalue weighted by atomic mass is 10.1. The third kappa shape index (κ3) is 1.56. The van der Waals surface area contributed by atoms with Crippen molar-refractivity contribution in [2.24, 2.45) is 0 Å². The minimum Gasteiger partial charge on any atom is -0.144 e. The predicted octanol–water partition coefficient (Wildman–Crippen LogP) is 3.76. The molecule has 0 atom stereocenters. The van der Waals surface area contributed by atoms with E-state index in [0.29, 0.717) is 0 Å². The van der Waals surface area contributed by atoms with E-state index >= 15 is 0 Å². The lowest BCUT2D eigenvalue weighted by molar-refractivity contribution is 1.29. The van der Waals surface area contributed by atoms with E-state index in [-0.39, 0.29) is 0 Å². The second-order valence-electron chi connectivity index (χ2n) is 2.44. The quantitative estimate of drug-likeness (QED) is 0.613. The Kier molecular flexibility index (Phi) is 3.06. The minimum atomic E-state index is 0.908. The molecule has 0 aliphatic rings. The highest BCUT2D eigenvalue weighted by atomic mass is 32.1. The van der Waals surface area contributed by atoms with Crippen LogP contribution >= 0.6 is 11.3 Å². The molecule has 0 amide bonds. The summed E-state index contributed by atoms with van der Waals surface area (Å²) in [6, 6.07) is 0. The summed E-state index contributed by atoms with van der Waals surface area (Å²) in [6.45, 7) is 11.2. The fourth-order valence-corrected chi connectivity index (χ4v) is 2.05. The van der Waals surface area contributed by atoms with Gasteiger partial charge < -0.3 is 0 Å². The maximum atomic E-state index is 3.78. The minimum absolute atomic E-state index is 0.908. The highest BCUT2D eigenvalue weighted by Gasteiger charge is 2.03. The SMILES string of the molecule is C=CCc1csc(C=C)c1C=C. The van der Waals surface area contributed by atoms with Gasteiger partial charge in [-0.2, -0.15) is 0 Å². The maximum Gasteiger partial charge on any atom is 0.0339 e. The van der Waals surface area contributed by atoms with Crippen LogP contribution in [0.5, 0.6) is 0 Å². The van der Waals surface area contributed by atoms with E-state index in [1.165, 1.54) is 16.0 Å². The van der Waals surface area contributed by atoms with E-state index in [2.05, 4.69) is 25.1 Å². The fourth-order valence-electron chi connectivity index (χ4n) is 1.12. The van der Waals surface area contributed by atoms with Gasteiger partial charge in [0.2, 0.25) is 0 Å². The number of hydrogen-bond donors (Lipinski definition) is 0. The first-order chi connectivity index (χ1) is 5.83. The molecule has 1 aromatic heterocycles. The van der Waals surface area contributed by atoms with Gasteiger partial charge in [0.05, 0.1) is 0 Å². The van der Waals surface area contributed by atoms with Crippen LogP contribution in [0.15, 0.2) is 31.2 Å². The van der Waals surface area contributed by atoms with Gasteiger partial charge in [0.1, 0.15) is 0 Å². The average molecular weight is 176 g/mol. The van der Waals surface area contributed by atoms with Crippen molar-refractivity contribution in [2.45, 2.75) is 6.42 Å². The Bertz CT molecular complexity index is 305.